The molecule has 0 unspecified atom stereocenters. The Morgan fingerprint density at radius 3 is 2.58 bits per heavy atom. The number of nitrogens with one attached hydrogen (secondary N) is 1. The monoisotopic (exact) mass is 298 g/mol. The molecule has 0 aliphatic heterocycles. The lowest BCUT2D eigenvalue weighted by atomic mass is 10.2. The van der Waals surface area contributed by atoms with Crippen LogP contribution in [0.25, 0.3) is 11.3 Å². The van der Waals surface area contributed by atoms with Crippen molar-refractivity contribution in [3.8, 4) is 11.3 Å². The molecule has 0 bridgehead atoms. The second-order valence-electron chi connectivity index (χ2n) is 4.12. The number of halogens is 2. The van der Waals surface area contributed by atoms with Gasteiger partial charge in [-0.3, -0.25) is 10.2 Å². The van der Waals surface area contributed by atoms with Crippen LogP contribution in [0.3, 0.4) is 0 Å². The molecule has 6 heteroatoms. The summed E-state index contributed by atoms with van der Waals surface area (Å²) in [4.78, 5) is 11.7. The molecule has 1 aromatic carbocycles. The van der Waals surface area contributed by atoms with E-state index in [0.29, 0.717) is 21.4 Å². The van der Waals surface area contributed by atoms with E-state index in [4.69, 9.17) is 27.6 Å². The number of rotatable bonds is 3. The molecule has 0 spiro atoms. The van der Waals surface area contributed by atoms with E-state index < -0.39 is 0 Å². The predicted molar refractivity (Wildman–Crippen MR) is 75.3 cm³/mol. The molecule has 19 heavy (non-hydrogen) atoms. The lowest BCUT2D eigenvalue weighted by molar-refractivity contribution is 0.0828. The molecule has 2 aromatic rings. The summed E-state index contributed by atoms with van der Waals surface area (Å²) >= 11 is 11.9. The zero-order valence-electron chi connectivity index (χ0n) is 10.4. The molecule has 1 heterocycles. The summed E-state index contributed by atoms with van der Waals surface area (Å²) in [6.45, 7) is 0. The van der Waals surface area contributed by atoms with E-state index in [1.165, 1.54) is 0 Å². The van der Waals surface area contributed by atoms with Gasteiger partial charge < -0.3 is 4.42 Å². The molecular weight excluding hydrogens is 287 g/mol. The van der Waals surface area contributed by atoms with Crippen LogP contribution in [-0.4, -0.2) is 25.0 Å². The summed E-state index contributed by atoms with van der Waals surface area (Å²) in [6, 6.07) is 8.38. The van der Waals surface area contributed by atoms with Crippen LogP contribution < -0.4 is 5.43 Å². The van der Waals surface area contributed by atoms with E-state index in [0.717, 1.165) is 0 Å². The Bertz CT molecular complexity index is 608. The second kappa shape index (κ2) is 5.65. The van der Waals surface area contributed by atoms with Crippen LogP contribution in [0.15, 0.2) is 34.7 Å². The third-order valence-electron chi connectivity index (χ3n) is 2.35. The van der Waals surface area contributed by atoms with Gasteiger partial charge in [-0.1, -0.05) is 23.2 Å². The Kier molecular flexibility index (Phi) is 4.14. The zero-order chi connectivity index (χ0) is 14.0. The molecule has 100 valence electrons. The first-order chi connectivity index (χ1) is 8.97. The van der Waals surface area contributed by atoms with Crippen molar-refractivity contribution in [3.05, 3.63) is 46.1 Å². The maximum atomic E-state index is 11.7. The first-order valence-electron chi connectivity index (χ1n) is 5.51. The second-order valence-corrected chi connectivity index (χ2v) is 4.97. The Morgan fingerprint density at radius 2 is 1.95 bits per heavy atom. The van der Waals surface area contributed by atoms with Gasteiger partial charge in [0.15, 0.2) is 5.76 Å². The molecule has 0 atom stereocenters. The fraction of sp³-hybridized carbons (Fsp3) is 0.154. The van der Waals surface area contributed by atoms with E-state index >= 15 is 0 Å². The summed E-state index contributed by atoms with van der Waals surface area (Å²) in [5.74, 6) is 0.418. The Morgan fingerprint density at radius 1 is 1.21 bits per heavy atom. The van der Waals surface area contributed by atoms with Gasteiger partial charge in [-0.25, -0.2) is 5.01 Å². The van der Waals surface area contributed by atoms with E-state index in [-0.39, 0.29) is 11.7 Å². The number of carbonyl (C=O) groups excluding carboxylic acids is 1. The van der Waals surface area contributed by atoms with Crippen molar-refractivity contribution in [1.29, 1.82) is 0 Å². The highest BCUT2D eigenvalue weighted by molar-refractivity contribution is 6.36. The van der Waals surface area contributed by atoms with Crippen LogP contribution in [0.5, 0.6) is 0 Å². The molecule has 2 rings (SSSR count). The summed E-state index contributed by atoms with van der Waals surface area (Å²) in [5, 5.41) is 2.56. The number of hydrogen-bond acceptors (Lipinski definition) is 3. The van der Waals surface area contributed by atoms with Crippen molar-refractivity contribution >= 4 is 29.1 Å². The van der Waals surface area contributed by atoms with Crippen molar-refractivity contribution in [1.82, 2.24) is 10.4 Å². The van der Waals surface area contributed by atoms with Crippen LogP contribution in [0.2, 0.25) is 10.0 Å². The molecule has 0 radical (unpaired) electrons. The van der Waals surface area contributed by atoms with Crippen molar-refractivity contribution in [2.75, 3.05) is 14.1 Å². The summed E-state index contributed by atoms with van der Waals surface area (Å²) < 4.78 is 5.49. The number of amides is 1. The molecule has 0 aliphatic carbocycles. The Hall–Kier alpha value is -1.49. The minimum Gasteiger partial charge on any atom is -0.451 e. The highest BCUT2D eigenvalue weighted by atomic mass is 35.5. The third-order valence-corrected chi connectivity index (χ3v) is 2.90. The first kappa shape index (κ1) is 13.9. The number of furan rings is 1. The number of benzene rings is 1. The van der Waals surface area contributed by atoms with Gasteiger partial charge in [0.2, 0.25) is 0 Å². The highest BCUT2D eigenvalue weighted by Crippen LogP contribution is 2.31. The van der Waals surface area contributed by atoms with Crippen LogP contribution in [0, 0.1) is 0 Å². The van der Waals surface area contributed by atoms with Crippen molar-refractivity contribution < 1.29 is 9.21 Å². The molecule has 1 aromatic heterocycles. The number of carbonyl (C=O) groups is 1. The summed E-state index contributed by atoms with van der Waals surface area (Å²) in [7, 11) is 3.44. The molecule has 0 saturated carbocycles. The highest BCUT2D eigenvalue weighted by Gasteiger charge is 2.14. The fourth-order valence-electron chi connectivity index (χ4n) is 1.55. The van der Waals surface area contributed by atoms with Gasteiger partial charge in [0.25, 0.3) is 0 Å². The van der Waals surface area contributed by atoms with Gasteiger partial charge in [-0.05, 0) is 30.3 Å². The van der Waals surface area contributed by atoms with Gasteiger partial charge >= 0.3 is 5.91 Å². The average molecular weight is 299 g/mol. The summed E-state index contributed by atoms with van der Waals surface area (Å²) in [6.07, 6.45) is 0. The standard InChI is InChI=1S/C13H12Cl2N2O2/c1-17(2)16-13(18)12-6-5-11(19-12)9-4-3-8(14)7-10(9)15/h3-7H,1-2H3,(H,16,18). The number of nitrogens with zero attached hydrogens (tertiary/aromatic N) is 1. The molecule has 0 saturated heterocycles. The quantitative estimate of drug-likeness (QED) is 0.883. The lowest BCUT2D eigenvalue weighted by Gasteiger charge is -2.09. The first-order valence-corrected chi connectivity index (χ1v) is 6.26. The molecular formula is C13H12Cl2N2O2. The van der Waals surface area contributed by atoms with Crippen LogP contribution in [0.1, 0.15) is 10.6 Å². The van der Waals surface area contributed by atoms with Crippen molar-refractivity contribution in [2.24, 2.45) is 0 Å². The van der Waals surface area contributed by atoms with Crippen molar-refractivity contribution in [2.45, 2.75) is 0 Å². The lowest BCUT2D eigenvalue weighted by Crippen LogP contribution is -2.35. The smallest absolute Gasteiger partial charge is 0.301 e. The van der Waals surface area contributed by atoms with E-state index in [1.54, 1.807) is 49.4 Å². The fourth-order valence-corrected chi connectivity index (χ4v) is 2.05. The third kappa shape index (κ3) is 3.29. The molecule has 4 nitrogen and oxygen atoms in total. The maximum absolute atomic E-state index is 11.7. The number of hydrogen-bond donors (Lipinski definition) is 1. The van der Waals surface area contributed by atoms with Crippen LogP contribution in [-0.2, 0) is 0 Å². The van der Waals surface area contributed by atoms with Gasteiger partial charge in [0.1, 0.15) is 5.76 Å². The average Bonchev–Trinajstić information content (AvgIpc) is 2.77. The number of hydrazine groups is 1. The van der Waals surface area contributed by atoms with Crippen molar-refractivity contribution in [3.63, 3.8) is 0 Å². The Balaban J connectivity index is 2.28. The minimum absolute atomic E-state index is 0.217. The topological polar surface area (TPSA) is 45.5 Å². The van der Waals surface area contributed by atoms with E-state index in [1.807, 2.05) is 0 Å². The van der Waals surface area contributed by atoms with Gasteiger partial charge in [-0.2, -0.15) is 0 Å². The molecule has 1 amide bonds. The normalized spacial score (nSPS) is 10.8. The maximum Gasteiger partial charge on any atom is 0.301 e. The molecule has 1 N–H and O–H groups in total. The minimum atomic E-state index is -0.318. The SMILES string of the molecule is CN(C)NC(=O)c1ccc(-c2ccc(Cl)cc2Cl)o1. The van der Waals surface area contributed by atoms with Gasteiger partial charge in [0, 0.05) is 24.7 Å². The van der Waals surface area contributed by atoms with Gasteiger partial charge in [0.05, 0.1) is 5.02 Å². The van der Waals surface area contributed by atoms with Crippen LogP contribution in [0.4, 0.5) is 0 Å². The largest absolute Gasteiger partial charge is 0.451 e. The van der Waals surface area contributed by atoms with Crippen LogP contribution >= 0.6 is 23.2 Å². The summed E-state index contributed by atoms with van der Waals surface area (Å²) in [5.41, 5.74) is 3.28. The van der Waals surface area contributed by atoms with Gasteiger partial charge in [-0.15, -0.1) is 0 Å². The molecule has 0 fully saturated rings. The Labute approximate surface area is 120 Å². The zero-order valence-corrected chi connectivity index (χ0v) is 11.9. The van der Waals surface area contributed by atoms with E-state index in [9.17, 15) is 4.79 Å². The van der Waals surface area contributed by atoms with E-state index in [2.05, 4.69) is 5.43 Å². The molecule has 0 aliphatic rings. The predicted octanol–water partition coefficient (Wildman–Crippen LogP) is 3.46.